The molecule has 1 N–H and O–H groups in total. The van der Waals surface area contributed by atoms with Gasteiger partial charge in [-0.15, -0.1) is 0 Å². The minimum absolute atomic E-state index is 0.0652. The Kier molecular flexibility index (Phi) is 4.05. The normalized spacial score (nSPS) is 30.7. The Balaban J connectivity index is 2.63. The number of hydrogen-bond donors (Lipinski definition) is 1. The second kappa shape index (κ2) is 5.09. The lowest BCUT2D eigenvalue weighted by Crippen LogP contribution is -2.51. The molecule has 0 unspecified atom stereocenters. The summed E-state index contributed by atoms with van der Waals surface area (Å²) in [5.74, 6) is -1.03. The van der Waals surface area contributed by atoms with Crippen molar-refractivity contribution in [3.63, 3.8) is 0 Å². The molecule has 0 aromatic carbocycles. The first-order valence-electron chi connectivity index (χ1n) is 4.61. The first-order chi connectivity index (χ1) is 7.00. The molecule has 1 fully saturated rings. The molecule has 15 heavy (non-hydrogen) atoms. The molecule has 6 heteroatoms. The highest BCUT2D eigenvalue weighted by molar-refractivity contribution is 5.67. The molecule has 6 nitrogen and oxygen atoms in total. The molecule has 0 amide bonds. The summed E-state index contributed by atoms with van der Waals surface area (Å²) in [5, 5.41) is 9.51. The van der Waals surface area contributed by atoms with Crippen LogP contribution in [0.2, 0.25) is 0 Å². The van der Waals surface area contributed by atoms with E-state index in [0.29, 0.717) is 0 Å². The van der Waals surface area contributed by atoms with Gasteiger partial charge < -0.3 is 19.3 Å². The van der Waals surface area contributed by atoms with Crippen LogP contribution in [0.4, 0.5) is 0 Å². The minimum Gasteiger partial charge on any atom is -0.456 e. The quantitative estimate of drug-likeness (QED) is 0.613. The summed E-state index contributed by atoms with van der Waals surface area (Å²) in [7, 11) is 0. The molecule has 86 valence electrons. The second-order valence-corrected chi connectivity index (χ2v) is 3.33. The molecule has 0 saturated carbocycles. The standard InChI is InChI=1S/C9H14O6/c1-5(10)14-8-4-13-3-7(12)9(8)15-6(2)11/h7-9,12H,3-4H2,1-2H3/t7-,8+,9+/m1/s1. The van der Waals surface area contributed by atoms with Gasteiger partial charge >= 0.3 is 11.9 Å². The smallest absolute Gasteiger partial charge is 0.303 e. The van der Waals surface area contributed by atoms with Gasteiger partial charge in [0.25, 0.3) is 0 Å². The molecular weight excluding hydrogens is 204 g/mol. The van der Waals surface area contributed by atoms with Gasteiger partial charge in [0.05, 0.1) is 13.2 Å². The Hall–Kier alpha value is -1.14. The summed E-state index contributed by atoms with van der Waals surface area (Å²) in [4.78, 5) is 21.5. The molecule has 3 atom stereocenters. The number of aliphatic hydroxyl groups is 1. The van der Waals surface area contributed by atoms with E-state index >= 15 is 0 Å². The molecule has 1 rings (SSSR count). The number of ether oxygens (including phenoxy) is 3. The fourth-order valence-corrected chi connectivity index (χ4v) is 1.40. The van der Waals surface area contributed by atoms with Gasteiger partial charge in [-0.2, -0.15) is 0 Å². The molecule has 1 aliphatic heterocycles. The molecule has 0 aromatic rings. The molecule has 1 heterocycles. The van der Waals surface area contributed by atoms with Crippen LogP contribution in [0.15, 0.2) is 0 Å². The van der Waals surface area contributed by atoms with Crippen LogP contribution in [0.1, 0.15) is 13.8 Å². The highest BCUT2D eigenvalue weighted by Gasteiger charge is 2.37. The van der Waals surface area contributed by atoms with Crippen molar-refractivity contribution in [3.8, 4) is 0 Å². The number of carbonyl (C=O) groups excluding carboxylic acids is 2. The van der Waals surface area contributed by atoms with Crippen molar-refractivity contribution in [1.29, 1.82) is 0 Å². The van der Waals surface area contributed by atoms with Crippen LogP contribution in [0.3, 0.4) is 0 Å². The predicted molar refractivity (Wildman–Crippen MR) is 47.9 cm³/mol. The van der Waals surface area contributed by atoms with Crippen molar-refractivity contribution in [2.24, 2.45) is 0 Å². The van der Waals surface area contributed by atoms with Gasteiger partial charge in [-0.3, -0.25) is 9.59 Å². The lowest BCUT2D eigenvalue weighted by molar-refractivity contribution is -0.199. The van der Waals surface area contributed by atoms with Crippen LogP contribution in [0.5, 0.6) is 0 Å². The SMILES string of the molecule is CC(=O)O[C@H]1[C@H](O)COC[C@@H]1OC(C)=O. The summed E-state index contributed by atoms with van der Waals surface area (Å²) in [6.07, 6.45) is -2.55. The minimum atomic E-state index is -0.966. The van der Waals surface area contributed by atoms with Gasteiger partial charge in [0, 0.05) is 13.8 Å². The lowest BCUT2D eigenvalue weighted by Gasteiger charge is -2.33. The lowest BCUT2D eigenvalue weighted by atomic mass is 10.1. The van der Waals surface area contributed by atoms with E-state index in [-0.39, 0.29) is 13.2 Å². The van der Waals surface area contributed by atoms with Crippen molar-refractivity contribution < 1.29 is 28.9 Å². The fourth-order valence-electron chi connectivity index (χ4n) is 1.40. The maximum Gasteiger partial charge on any atom is 0.303 e. The van der Waals surface area contributed by atoms with Gasteiger partial charge in [-0.1, -0.05) is 0 Å². The Morgan fingerprint density at radius 2 is 1.80 bits per heavy atom. The van der Waals surface area contributed by atoms with E-state index in [2.05, 4.69) is 0 Å². The topological polar surface area (TPSA) is 82.1 Å². The summed E-state index contributed by atoms with van der Waals surface area (Å²) in [6, 6.07) is 0. The first kappa shape index (κ1) is 11.9. The predicted octanol–water partition coefficient (Wildman–Crippen LogP) is -0.759. The molecule has 1 aliphatic rings. The first-order valence-corrected chi connectivity index (χ1v) is 4.61. The van der Waals surface area contributed by atoms with E-state index in [1.165, 1.54) is 13.8 Å². The van der Waals surface area contributed by atoms with Gasteiger partial charge in [0.15, 0.2) is 12.2 Å². The maximum atomic E-state index is 10.8. The van der Waals surface area contributed by atoms with Gasteiger partial charge in [0.1, 0.15) is 6.10 Å². The summed E-state index contributed by atoms with van der Waals surface area (Å²) in [5.41, 5.74) is 0. The molecule has 0 aliphatic carbocycles. The average Bonchev–Trinajstić information content (AvgIpc) is 2.09. The summed E-state index contributed by atoms with van der Waals surface area (Å²) < 4.78 is 14.7. The number of rotatable bonds is 2. The highest BCUT2D eigenvalue weighted by atomic mass is 16.6. The van der Waals surface area contributed by atoms with Gasteiger partial charge in [-0.05, 0) is 0 Å². The van der Waals surface area contributed by atoms with Gasteiger partial charge in [0.2, 0.25) is 0 Å². The van der Waals surface area contributed by atoms with Crippen LogP contribution in [-0.2, 0) is 23.8 Å². The van der Waals surface area contributed by atoms with E-state index in [4.69, 9.17) is 14.2 Å². The van der Waals surface area contributed by atoms with Crippen molar-refractivity contribution >= 4 is 11.9 Å². The Labute approximate surface area is 87.1 Å². The fraction of sp³-hybridized carbons (Fsp3) is 0.778. The average molecular weight is 218 g/mol. The third-order valence-corrected chi connectivity index (χ3v) is 1.94. The molecule has 0 spiro atoms. The second-order valence-electron chi connectivity index (χ2n) is 3.33. The third-order valence-electron chi connectivity index (χ3n) is 1.94. The molecule has 1 saturated heterocycles. The van der Waals surface area contributed by atoms with E-state index in [0.717, 1.165) is 0 Å². The number of hydrogen-bond acceptors (Lipinski definition) is 6. The van der Waals surface area contributed by atoms with Crippen LogP contribution in [0, 0.1) is 0 Å². The Morgan fingerprint density at radius 3 is 2.33 bits per heavy atom. The van der Waals surface area contributed by atoms with Crippen LogP contribution < -0.4 is 0 Å². The van der Waals surface area contributed by atoms with Crippen molar-refractivity contribution in [2.45, 2.75) is 32.2 Å². The van der Waals surface area contributed by atoms with Crippen LogP contribution in [0.25, 0.3) is 0 Å². The number of aliphatic hydroxyl groups excluding tert-OH is 1. The summed E-state index contributed by atoms with van der Waals surface area (Å²) in [6.45, 7) is 2.66. The van der Waals surface area contributed by atoms with E-state index in [1.807, 2.05) is 0 Å². The third kappa shape index (κ3) is 3.49. The number of carbonyl (C=O) groups is 2. The van der Waals surface area contributed by atoms with Crippen molar-refractivity contribution in [1.82, 2.24) is 0 Å². The largest absolute Gasteiger partial charge is 0.456 e. The van der Waals surface area contributed by atoms with Crippen molar-refractivity contribution in [3.05, 3.63) is 0 Å². The zero-order valence-corrected chi connectivity index (χ0v) is 8.63. The monoisotopic (exact) mass is 218 g/mol. The van der Waals surface area contributed by atoms with E-state index < -0.39 is 30.3 Å². The molecule has 0 aromatic heterocycles. The summed E-state index contributed by atoms with van der Waals surface area (Å²) >= 11 is 0. The molecule has 0 bridgehead atoms. The Bertz CT molecular complexity index is 251. The van der Waals surface area contributed by atoms with Crippen LogP contribution in [-0.4, -0.2) is 48.6 Å². The van der Waals surface area contributed by atoms with E-state index in [1.54, 1.807) is 0 Å². The van der Waals surface area contributed by atoms with E-state index in [9.17, 15) is 14.7 Å². The molecule has 0 radical (unpaired) electrons. The van der Waals surface area contributed by atoms with Gasteiger partial charge in [-0.25, -0.2) is 0 Å². The van der Waals surface area contributed by atoms with Crippen LogP contribution >= 0.6 is 0 Å². The maximum absolute atomic E-state index is 10.8. The highest BCUT2D eigenvalue weighted by Crippen LogP contribution is 2.16. The van der Waals surface area contributed by atoms with Crippen molar-refractivity contribution in [2.75, 3.05) is 13.2 Å². The Morgan fingerprint density at radius 1 is 1.20 bits per heavy atom. The molecular formula is C9H14O6. The number of esters is 2. The zero-order valence-electron chi connectivity index (χ0n) is 8.63. The zero-order chi connectivity index (χ0) is 11.4.